The van der Waals surface area contributed by atoms with Crippen LogP contribution in [0.4, 0.5) is 0 Å². The molecule has 0 nitrogen and oxygen atoms in total. The Morgan fingerprint density at radius 3 is 2.08 bits per heavy atom. The first kappa shape index (κ1) is 9.60. The smallest absolute Gasteiger partial charge is 0.0781 e. The molecule has 1 unspecified atom stereocenters. The molecule has 0 bridgehead atoms. The van der Waals surface area contributed by atoms with E-state index in [2.05, 4.69) is 26.0 Å². The molecule has 0 aromatic carbocycles. The van der Waals surface area contributed by atoms with E-state index in [1.807, 2.05) is 31.2 Å². The molecule has 1 atom stereocenters. The second kappa shape index (κ2) is 3.10. The van der Waals surface area contributed by atoms with Crippen LogP contribution in [0.1, 0.15) is 20.8 Å². The topological polar surface area (TPSA) is 0 Å². The van der Waals surface area contributed by atoms with Crippen LogP contribution in [0.2, 0.25) is 0 Å². The Labute approximate surface area is 79.6 Å². The Balaban J connectivity index is 2.97. The molecule has 0 saturated heterocycles. The Bertz CT molecular complexity index is 216. The molecular weight excluding hydrogens is 168 g/mol. The molecule has 0 saturated carbocycles. The molecule has 0 spiro atoms. The van der Waals surface area contributed by atoms with Gasteiger partial charge in [-0.2, -0.15) is 0 Å². The van der Waals surface area contributed by atoms with Gasteiger partial charge in [-0.15, -0.1) is 11.6 Å². The molecule has 1 aliphatic rings. The molecule has 0 radical (unpaired) electrons. The maximum absolute atomic E-state index is 6.17. The second-order valence-corrected chi connectivity index (χ2v) is 4.84. The number of halogens is 1. The lowest BCUT2D eigenvalue weighted by Gasteiger charge is -2.20. The maximum atomic E-state index is 6.17. The first-order chi connectivity index (χ1) is 5.41. The lowest BCUT2D eigenvalue weighted by molar-refractivity contribution is 0.620. The summed E-state index contributed by atoms with van der Waals surface area (Å²) in [6.45, 7) is 6.30. The fourth-order valence-electron chi connectivity index (χ4n) is 1.04. The largest absolute Gasteiger partial charge is 0.110 e. The van der Waals surface area contributed by atoms with Gasteiger partial charge in [0.2, 0.25) is 0 Å². The second-order valence-electron chi connectivity index (χ2n) is 4.02. The average molecular weight is 183 g/mol. The third-order valence-electron chi connectivity index (χ3n) is 1.90. The van der Waals surface area contributed by atoms with E-state index in [9.17, 15) is 0 Å². The van der Waals surface area contributed by atoms with Crippen LogP contribution in [0.15, 0.2) is 36.5 Å². The zero-order valence-corrected chi connectivity index (χ0v) is 8.60. The minimum atomic E-state index is -0.331. The molecule has 66 valence electrons. The number of rotatable bonds is 0. The third-order valence-corrected chi connectivity index (χ3v) is 2.15. The van der Waals surface area contributed by atoms with E-state index in [0.717, 1.165) is 0 Å². The van der Waals surface area contributed by atoms with Crippen LogP contribution in [-0.4, -0.2) is 4.87 Å². The van der Waals surface area contributed by atoms with Crippen molar-refractivity contribution in [1.29, 1.82) is 0 Å². The van der Waals surface area contributed by atoms with Crippen molar-refractivity contribution in [2.24, 2.45) is 5.41 Å². The van der Waals surface area contributed by atoms with E-state index in [1.54, 1.807) is 0 Å². The summed E-state index contributed by atoms with van der Waals surface area (Å²) >= 11 is 6.17. The van der Waals surface area contributed by atoms with Crippen LogP contribution in [0.3, 0.4) is 0 Å². The summed E-state index contributed by atoms with van der Waals surface area (Å²) < 4.78 is 0. The molecule has 0 amide bonds. The Kier molecular flexibility index (Phi) is 2.48. The molecule has 1 aliphatic carbocycles. The average Bonchev–Trinajstić information content (AvgIpc) is 1.94. The molecule has 1 heteroatoms. The normalized spacial score (nSPS) is 41.0. The van der Waals surface area contributed by atoms with Crippen molar-refractivity contribution in [2.45, 2.75) is 25.6 Å². The van der Waals surface area contributed by atoms with Gasteiger partial charge in [-0.1, -0.05) is 50.3 Å². The molecule has 0 fully saturated rings. The fraction of sp³-hybridized carbons (Fsp3) is 0.455. The molecule has 0 aromatic heterocycles. The van der Waals surface area contributed by atoms with Crippen molar-refractivity contribution in [3.05, 3.63) is 36.5 Å². The van der Waals surface area contributed by atoms with Gasteiger partial charge in [0.15, 0.2) is 0 Å². The van der Waals surface area contributed by atoms with Crippen LogP contribution < -0.4 is 0 Å². The summed E-state index contributed by atoms with van der Waals surface area (Å²) in [7, 11) is 0. The van der Waals surface area contributed by atoms with E-state index in [-0.39, 0.29) is 10.3 Å². The Hall–Kier alpha value is -0.490. The van der Waals surface area contributed by atoms with Gasteiger partial charge >= 0.3 is 0 Å². The lowest BCUT2D eigenvalue weighted by atomic mass is 9.89. The van der Waals surface area contributed by atoms with E-state index >= 15 is 0 Å². The van der Waals surface area contributed by atoms with Crippen molar-refractivity contribution in [3.63, 3.8) is 0 Å². The monoisotopic (exact) mass is 182 g/mol. The van der Waals surface area contributed by atoms with Crippen molar-refractivity contribution >= 4 is 11.6 Å². The minimum Gasteiger partial charge on any atom is -0.110 e. The first-order valence-electron chi connectivity index (χ1n) is 4.18. The predicted octanol–water partition coefficient (Wildman–Crippen LogP) is 3.69. The quantitative estimate of drug-likeness (QED) is 0.396. The van der Waals surface area contributed by atoms with E-state index < -0.39 is 0 Å². The molecule has 0 aliphatic heterocycles. The summed E-state index contributed by atoms with van der Waals surface area (Å²) in [6.07, 6.45) is 12.4. The molecule has 1 rings (SSSR count). The van der Waals surface area contributed by atoms with Crippen LogP contribution in [0.25, 0.3) is 0 Å². The van der Waals surface area contributed by atoms with Gasteiger partial charge in [-0.25, -0.2) is 0 Å². The number of hydrogen-bond acceptors (Lipinski definition) is 0. The Morgan fingerprint density at radius 1 is 0.833 bits per heavy atom. The summed E-state index contributed by atoms with van der Waals surface area (Å²) in [5.74, 6) is 0. The lowest BCUT2D eigenvalue weighted by Crippen LogP contribution is -2.12. The van der Waals surface area contributed by atoms with Crippen molar-refractivity contribution < 1.29 is 0 Å². The molecular formula is C11H15Cl. The maximum Gasteiger partial charge on any atom is 0.0781 e. The van der Waals surface area contributed by atoms with Gasteiger partial charge in [-0.05, 0) is 6.92 Å². The van der Waals surface area contributed by atoms with Gasteiger partial charge in [0.25, 0.3) is 0 Å². The number of hydrogen-bond donors (Lipinski definition) is 0. The summed E-state index contributed by atoms with van der Waals surface area (Å²) in [5.41, 5.74) is 0.112. The number of allylic oxidation sites excluding steroid dienone is 6. The van der Waals surface area contributed by atoms with Gasteiger partial charge < -0.3 is 0 Å². The highest BCUT2D eigenvalue weighted by molar-refractivity contribution is 6.26. The van der Waals surface area contributed by atoms with Crippen LogP contribution in [0.5, 0.6) is 0 Å². The molecule has 0 aromatic rings. The van der Waals surface area contributed by atoms with Crippen molar-refractivity contribution in [3.8, 4) is 0 Å². The summed E-state index contributed by atoms with van der Waals surface area (Å²) in [5, 5.41) is 0. The van der Waals surface area contributed by atoms with Gasteiger partial charge in [0.1, 0.15) is 0 Å². The molecule has 0 N–H and O–H groups in total. The minimum absolute atomic E-state index is 0.112. The first-order valence-corrected chi connectivity index (χ1v) is 4.55. The highest BCUT2D eigenvalue weighted by Crippen LogP contribution is 2.26. The third kappa shape index (κ3) is 2.86. The summed E-state index contributed by atoms with van der Waals surface area (Å²) in [6, 6.07) is 0. The molecule has 12 heavy (non-hydrogen) atoms. The zero-order valence-electron chi connectivity index (χ0n) is 7.84. The Morgan fingerprint density at radius 2 is 1.42 bits per heavy atom. The van der Waals surface area contributed by atoms with Crippen LogP contribution in [-0.2, 0) is 0 Å². The standard InChI is InChI=1S/C11H15Cl/c1-10(2)6-4-5-7-11(3,12)9-8-10/h4-9H,1-3H3/b6-4-,7-5-,9-8-. The van der Waals surface area contributed by atoms with Crippen LogP contribution >= 0.6 is 11.6 Å². The van der Waals surface area contributed by atoms with Crippen LogP contribution in [0, 0.1) is 5.41 Å². The van der Waals surface area contributed by atoms with E-state index in [4.69, 9.17) is 11.6 Å². The van der Waals surface area contributed by atoms with Gasteiger partial charge in [0, 0.05) is 5.41 Å². The van der Waals surface area contributed by atoms with Gasteiger partial charge in [-0.3, -0.25) is 0 Å². The SMILES string of the molecule is CC1(C)/C=C\C=C/C(C)(Cl)/C=C\1. The fourth-order valence-corrected chi connectivity index (χ4v) is 1.17. The highest BCUT2D eigenvalue weighted by atomic mass is 35.5. The zero-order chi connectivity index (χ0) is 9.24. The number of alkyl halides is 1. The predicted molar refractivity (Wildman–Crippen MR) is 55.5 cm³/mol. The van der Waals surface area contributed by atoms with Crippen molar-refractivity contribution in [2.75, 3.05) is 0 Å². The van der Waals surface area contributed by atoms with E-state index in [1.165, 1.54) is 0 Å². The molecule has 0 heterocycles. The van der Waals surface area contributed by atoms with Gasteiger partial charge in [0.05, 0.1) is 4.87 Å². The van der Waals surface area contributed by atoms with Crippen molar-refractivity contribution in [1.82, 2.24) is 0 Å². The summed E-state index contributed by atoms with van der Waals surface area (Å²) in [4.78, 5) is -0.331. The highest BCUT2D eigenvalue weighted by Gasteiger charge is 2.16. The van der Waals surface area contributed by atoms with E-state index in [0.29, 0.717) is 0 Å².